The molecule has 2 aromatic rings. The molecule has 0 spiro atoms. The fourth-order valence-corrected chi connectivity index (χ4v) is 3.07. The van der Waals surface area contributed by atoms with Crippen molar-refractivity contribution in [3.05, 3.63) is 53.6 Å². The molecule has 0 aliphatic heterocycles. The smallest absolute Gasteiger partial charge is 0.0485 e. The Kier molecular flexibility index (Phi) is 4.16. The fraction of sp³-hybridized carbons (Fsp3) is 0.471. The maximum Gasteiger partial charge on any atom is 0.0485 e. The molecule has 1 aliphatic rings. The third-order valence-electron chi connectivity index (χ3n) is 4.04. The van der Waals surface area contributed by atoms with Gasteiger partial charge in [0.15, 0.2) is 0 Å². The van der Waals surface area contributed by atoms with Crippen molar-refractivity contribution < 1.29 is 0 Å². The van der Waals surface area contributed by atoms with E-state index >= 15 is 0 Å². The Labute approximate surface area is 121 Å². The lowest BCUT2D eigenvalue weighted by Gasteiger charge is -2.23. The maximum atomic E-state index is 4.19. The van der Waals surface area contributed by atoms with Gasteiger partial charge >= 0.3 is 0 Å². The number of aromatic nitrogens is 2. The quantitative estimate of drug-likeness (QED) is 0.902. The first kappa shape index (κ1) is 13.4. The van der Waals surface area contributed by atoms with E-state index in [0.29, 0.717) is 6.04 Å². The Morgan fingerprint density at radius 3 is 3.15 bits per heavy atom. The van der Waals surface area contributed by atoms with Gasteiger partial charge in [0, 0.05) is 37.4 Å². The minimum atomic E-state index is 0.550. The molecule has 0 fully saturated rings. The van der Waals surface area contributed by atoms with Crippen molar-refractivity contribution in [2.45, 2.75) is 45.2 Å². The number of nitrogens with one attached hydrogen (secondary N) is 1. The van der Waals surface area contributed by atoms with E-state index in [-0.39, 0.29) is 0 Å². The minimum absolute atomic E-state index is 0.550. The molecule has 0 amide bonds. The third kappa shape index (κ3) is 2.93. The van der Waals surface area contributed by atoms with Crippen LogP contribution in [0.4, 0.5) is 0 Å². The van der Waals surface area contributed by atoms with Gasteiger partial charge in [0.05, 0.1) is 0 Å². The summed E-state index contributed by atoms with van der Waals surface area (Å²) in [6.45, 7) is 4.25. The molecule has 0 bridgehead atoms. The molecule has 1 unspecified atom stereocenters. The number of hydrogen-bond acceptors (Lipinski definition) is 2. The number of nitrogens with zero attached hydrogens (tertiary/aromatic N) is 2. The number of aryl methyl sites for hydroxylation is 1. The highest BCUT2D eigenvalue weighted by molar-refractivity contribution is 5.31. The van der Waals surface area contributed by atoms with E-state index in [1.807, 2.05) is 18.5 Å². The molecule has 1 atom stereocenters. The number of fused-ring (bicyclic) bond motifs is 1. The second-order valence-corrected chi connectivity index (χ2v) is 5.67. The van der Waals surface area contributed by atoms with Gasteiger partial charge in [-0.2, -0.15) is 0 Å². The van der Waals surface area contributed by atoms with Gasteiger partial charge in [-0.15, -0.1) is 0 Å². The van der Waals surface area contributed by atoms with Gasteiger partial charge < -0.3 is 9.88 Å². The first-order valence-corrected chi connectivity index (χ1v) is 7.67. The first-order chi connectivity index (χ1) is 9.86. The minimum Gasteiger partial charge on any atom is -0.349 e. The molecule has 20 heavy (non-hydrogen) atoms. The van der Waals surface area contributed by atoms with E-state index in [1.54, 1.807) is 0 Å². The summed E-state index contributed by atoms with van der Waals surface area (Å²) < 4.78 is 2.31. The van der Waals surface area contributed by atoms with Crippen LogP contribution in [0, 0.1) is 0 Å². The van der Waals surface area contributed by atoms with Crippen molar-refractivity contribution in [3.8, 4) is 0 Å². The van der Waals surface area contributed by atoms with Crippen molar-refractivity contribution in [2.24, 2.45) is 0 Å². The van der Waals surface area contributed by atoms with Gasteiger partial charge in [-0.05, 0) is 55.0 Å². The van der Waals surface area contributed by atoms with E-state index in [1.165, 1.54) is 42.4 Å². The van der Waals surface area contributed by atoms with Crippen LogP contribution in [-0.4, -0.2) is 16.1 Å². The predicted octanol–water partition coefficient (Wildman–Crippen LogP) is 3.31. The Morgan fingerprint density at radius 1 is 1.40 bits per heavy atom. The lowest BCUT2D eigenvalue weighted by atomic mass is 9.91. The van der Waals surface area contributed by atoms with E-state index in [2.05, 4.69) is 40.3 Å². The van der Waals surface area contributed by atoms with Crippen LogP contribution >= 0.6 is 0 Å². The van der Waals surface area contributed by atoms with Crippen LogP contribution in [0.5, 0.6) is 0 Å². The van der Waals surface area contributed by atoms with Crippen molar-refractivity contribution in [1.82, 2.24) is 14.9 Å². The standard InChI is InChI=1S/C17H23N3/c1-2-8-19-17-7-3-6-15-12-20(13-16(15)17)11-14-5-4-9-18-10-14/h4-5,9-10,12-13,17,19H,2-3,6-8,11H2,1H3. The van der Waals surface area contributed by atoms with Gasteiger partial charge in [-0.1, -0.05) is 13.0 Å². The molecule has 0 saturated heterocycles. The molecule has 0 saturated carbocycles. The van der Waals surface area contributed by atoms with Crippen molar-refractivity contribution in [1.29, 1.82) is 0 Å². The molecular weight excluding hydrogens is 246 g/mol. The zero-order chi connectivity index (χ0) is 13.8. The van der Waals surface area contributed by atoms with Gasteiger partial charge in [0.1, 0.15) is 0 Å². The van der Waals surface area contributed by atoms with Crippen molar-refractivity contribution >= 4 is 0 Å². The maximum absolute atomic E-state index is 4.19. The Balaban J connectivity index is 1.77. The van der Waals surface area contributed by atoms with Gasteiger partial charge in [0.2, 0.25) is 0 Å². The van der Waals surface area contributed by atoms with E-state index in [4.69, 9.17) is 0 Å². The summed E-state index contributed by atoms with van der Waals surface area (Å²) in [7, 11) is 0. The summed E-state index contributed by atoms with van der Waals surface area (Å²) in [5.74, 6) is 0. The summed E-state index contributed by atoms with van der Waals surface area (Å²) in [5.41, 5.74) is 4.29. The highest BCUT2D eigenvalue weighted by atomic mass is 15.0. The van der Waals surface area contributed by atoms with E-state index < -0.39 is 0 Å². The molecule has 2 aromatic heterocycles. The van der Waals surface area contributed by atoms with Gasteiger partial charge in [0.25, 0.3) is 0 Å². The highest BCUT2D eigenvalue weighted by Gasteiger charge is 2.21. The Hall–Kier alpha value is -1.61. The summed E-state index contributed by atoms with van der Waals surface area (Å²) in [6, 6.07) is 4.69. The van der Waals surface area contributed by atoms with E-state index in [9.17, 15) is 0 Å². The van der Waals surface area contributed by atoms with Crippen LogP contribution in [0.15, 0.2) is 36.9 Å². The molecule has 3 nitrogen and oxygen atoms in total. The number of rotatable bonds is 5. The molecule has 0 radical (unpaired) electrons. The first-order valence-electron chi connectivity index (χ1n) is 7.67. The second-order valence-electron chi connectivity index (χ2n) is 5.67. The Bertz CT molecular complexity index is 545. The van der Waals surface area contributed by atoms with Crippen LogP contribution < -0.4 is 5.32 Å². The predicted molar refractivity (Wildman–Crippen MR) is 81.7 cm³/mol. The largest absolute Gasteiger partial charge is 0.349 e. The average Bonchev–Trinajstić information content (AvgIpc) is 2.89. The van der Waals surface area contributed by atoms with Crippen LogP contribution in [0.25, 0.3) is 0 Å². The normalized spacial score (nSPS) is 17.9. The molecule has 0 aromatic carbocycles. The van der Waals surface area contributed by atoms with Crippen LogP contribution in [-0.2, 0) is 13.0 Å². The van der Waals surface area contributed by atoms with Crippen LogP contribution in [0.2, 0.25) is 0 Å². The summed E-state index contributed by atoms with van der Waals surface area (Å²) >= 11 is 0. The zero-order valence-electron chi connectivity index (χ0n) is 12.2. The SMILES string of the molecule is CCCNC1CCCc2cn(Cc3cccnc3)cc21. The number of hydrogen-bond donors (Lipinski definition) is 1. The summed E-state index contributed by atoms with van der Waals surface area (Å²) in [5, 5.41) is 3.68. The topological polar surface area (TPSA) is 29.9 Å². The molecule has 1 N–H and O–H groups in total. The van der Waals surface area contributed by atoms with Crippen molar-refractivity contribution in [2.75, 3.05) is 6.54 Å². The molecule has 2 heterocycles. The third-order valence-corrected chi connectivity index (χ3v) is 4.04. The summed E-state index contributed by atoms with van der Waals surface area (Å²) in [4.78, 5) is 4.19. The zero-order valence-corrected chi connectivity index (χ0v) is 12.2. The monoisotopic (exact) mass is 269 g/mol. The van der Waals surface area contributed by atoms with Gasteiger partial charge in [-0.25, -0.2) is 0 Å². The van der Waals surface area contributed by atoms with Crippen molar-refractivity contribution in [3.63, 3.8) is 0 Å². The highest BCUT2D eigenvalue weighted by Crippen LogP contribution is 2.30. The molecular formula is C17H23N3. The molecule has 3 heteroatoms. The fourth-order valence-electron chi connectivity index (χ4n) is 3.07. The molecule has 1 aliphatic carbocycles. The average molecular weight is 269 g/mol. The van der Waals surface area contributed by atoms with E-state index in [0.717, 1.165) is 13.1 Å². The number of pyridine rings is 1. The van der Waals surface area contributed by atoms with Crippen LogP contribution in [0.3, 0.4) is 0 Å². The lowest BCUT2D eigenvalue weighted by molar-refractivity contribution is 0.462. The van der Waals surface area contributed by atoms with Crippen LogP contribution in [0.1, 0.15) is 48.9 Å². The molecule has 106 valence electrons. The summed E-state index contributed by atoms with van der Waals surface area (Å²) in [6.07, 6.45) is 13.4. The Morgan fingerprint density at radius 2 is 2.35 bits per heavy atom. The van der Waals surface area contributed by atoms with Gasteiger partial charge in [-0.3, -0.25) is 4.98 Å². The lowest BCUT2D eigenvalue weighted by Crippen LogP contribution is -2.24. The molecule has 3 rings (SSSR count). The second kappa shape index (κ2) is 6.23.